The van der Waals surface area contributed by atoms with Gasteiger partial charge in [0.2, 0.25) is 0 Å². The first-order valence-corrected chi connectivity index (χ1v) is 5.08. The molecule has 0 bridgehead atoms. The van der Waals surface area contributed by atoms with Crippen LogP contribution in [0.25, 0.3) is 0 Å². The number of hydrogen-bond acceptors (Lipinski definition) is 2. The van der Waals surface area contributed by atoms with E-state index in [-0.39, 0.29) is 12.5 Å². The number of carbonyl (C=O) groups is 1. The third kappa shape index (κ3) is 3.33. The summed E-state index contributed by atoms with van der Waals surface area (Å²) in [6.07, 6.45) is 3.98. The van der Waals surface area contributed by atoms with E-state index in [9.17, 15) is 9.18 Å². The van der Waals surface area contributed by atoms with Crippen molar-refractivity contribution in [3.63, 3.8) is 0 Å². The molecule has 2 nitrogen and oxygen atoms in total. The topological polar surface area (TPSA) is 26.3 Å². The SMILES string of the molecule is CC[C@H](F)C(=O)OC1CCCCC1. The van der Waals surface area contributed by atoms with Gasteiger partial charge >= 0.3 is 5.97 Å². The second-order valence-electron chi connectivity index (χ2n) is 3.57. The summed E-state index contributed by atoms with van der Waals surface area (Å²) >= 11 is 0. The molecule has 0 unspecified atom stereocenters. The molecule has 1 atom stereocenters. The summed E-state index contributed by atoms with van der Waals surface area (Å²) in [5, 5.41) is 0. The summed E-state index contributed by atoms with van der Waals surface area (Å²) < 4.78 is 17.8. The zero-order valence-corrected chi connectivity index (χ0v) is 8.09. The van der Waals surface area contributed by atoms with Crippen LogP contribution in [0.3, 0.4) is 0 Å². The van der Waals surface area contributed by atoms with E-state index < -0.39 is 12.1 Å². The molecule has 0 aromatic carbocycles. The molecule has 0 saturated heterocycles. The lowest BCUT2D eigenvalue weighted by molar-refractivity contribution is -0.156. The van der Waals surface area contributed by atoms with E-state index in [1.165, 1.54) is 6.42 Å². The van der Waals surface area contributed by atoms with Gasteiger partial charge < -0.3 is 4.74 Å². The van der Waals surface area contributed by atoms with Crippen LogP contribution in [0.4, 0.5) is 4.39 Å². The Kier molecular flexibility index (Phi) is 4.19. The third-order valence-corrected chi connectivity index (χ3v) is 2.45. The predicted molar refractivity (Wildman–Crippen MR) is 48.2 cm³/mol. The summed E-state index contributed by atoms with van der Waals surface area (Å²) in [5.41, 5.74) is 0. The van der Waals surface area contributed by atoms with Gasteiger partial charge in [-0.15, -0.1) is 0 Å². The Morgan fingerprint density at radius 3 is 2.62 bits per heavy atom. The molecule has 1 aliphatic carbocycles. The fourth-order valence-corrected chi connectivity index (χ4v) is 1.59. The van der Waals surface area contributed by atoms with E-state index in [0.29, 0.717) is 0 Å². The van der Waals surface area contributed by atoms with Gasteiger partial charge in [0, 0.05) is 0 Å². The maximum atomic E-state index is 12.8. The van der Waals surface area contributed by atoms with Crippen molar-refractivity contribution in [1.29, 1.82) is 0 Å². The molecule has 13 heavy (non-hydrogen) atoms. The number of halogens is 1. The van der Waals surface area contributed by atoms with Gasteiger partial charge in [0.1, 0.15) is 6.10 Å². The van der Waals surface area contributed by atoms with E-state index in [1.54, 1.807) is 6.92 Å². The van der Waals surface area contributed by atoms with E-state index in [0.717, 1.165) is 25.7 Å². The molecule has 0 amide bonds. The maximum Gasteiger partial charge on any atom is 0.340 e. The highest BCUT2D eigenvalue weighted by Gasteiger charge is 2.22. The van der Waals surface area contributed by atoms with Crippen LogP contribution in [0.2, 0.25) is 0 Å². The van der Waals surface area contributed by atoms with Crippen LogP contribution in [0.15, 0.2) is 0 Å². The predicted octanol–water partition coefficient (Wildman–Crippen LogP) is 2.61. The zero-order chi connectivity index (χ0) is 9.68. The number of hydrogen-bond donors (Lipinski definition) is 0. The van der Waals surface area contributed by atoms with Gasteiger partial charge in [-0.25, -0.2) is 9.18 Å². The normalized spacial score (nSPS) is 21.1. The standard InChI is InChI=1S/C10H17FO2/c1-2-9(11)10(12)13-8-6-4-3-5-7-8/h8-9H,2-7H2,1H3/t9-/m0/s1. The zero-order valence-electron chi connectivity index (χ0n) is 8.09. The molecule has 0 aromatic rings. The quantitative estimate of drug-likeness (QED) is 0.636. The molecule has 3 heteroatoms. The van der Waals surface area contributed by atoms with Crippen LogP contribution in [0.1, 0.15) is 45.4 Å². The smallest absolute Gasteiger partial charge is 0.340 e. The van der Waals surface area contributed by atoms with Gasteiger partial charge in [0.15, 0.2) is 6.17 Å². The van der Waals surface area contributed by atoms with Crippen molar-refractivity contribution in [2.45, 2.75) is 57.7 Å². The lowest BCUT2D eigenvalue weighted by atomic mass is 9.98. The minimum atomic E-state index is -1.43. The second-order valence-corrected chi connectivity index (χ2v) is 3.57. The number of carbonyl (C=O) groups excluding carboxylic acids is 1. The van der Waals surface area contributed by atoms with Crippen molar-refractivity contribution in [2.75, 3.05) is 0 Å². The summed E-state index contributed by atoms with van der Waals surface area (Å²) in [6.45, 7) is 1.65. The fourth-order valence-electron chi connectivity index (χ4n) is 1.59. The third-order valence-electron chi connectivity index (χ3n) is 2.45. The molecule has 1 saturated carbocycles. The minimum Gasteiger partial charge on any atom is -0.460 e. The first kappa shape index (κ1) is 10.5. The van der Waals surface area contributed by atoms with Crippen LogP contribution in [0.5, 0.6) is 0 Å². The molecule has 76 valence electrons. The highest BCUT2D eigenvalue weighted by atomic mass is 19.1. The first-order chi connectivity index (χ1) is 6.24. The molecule has 1 fully saturated rings. The van der Waals surface area contributed by atoms with Crippen molar-refractivity contribution in [3.05, 3.63) is 0 Å². The van der Waals surface area contributed by atoms with E-state index in [2.05, 4.69) is 0 Å². The lowest BCUT2D eigenvalue weighted by Gasteiger charge is -2.22. The Labute approximate surface area is 78.5 Å². The van der Waals surface area contributed by atoms with Gasteiger partial charge in [-0.05, 0) is 32.1 Å². The molecule has 0 aliphatic heterocycles. The van der Waals surface area contributed by atoms with Gasteiger partial charge in [-0.3, -0.25) is 0 Å². The molecule has 0 aromatic heterocycles. The number of alkyl halides is 1. The van der Waals surface area contributed by atoms with Crippen LogP contribution in [-0.2, 0) is 9.53 Å². The number of rotatable bonds is 3. The van der Waals surface area contributed by atoms with Crippen molar-refractivity contribution in [3.8, 4) is 0 Å². The Bertz CT molecular complexity index is 164. The van der Waals surface area contributed by atoms with Crippen LogP contribution >= 0.6 is 0 Å². The Morgan fingerprint density at radius 1 is 1.46 bits per heavy atom. The number of esters is 1. The van der Waals surface area contributed by atoms with Crippen molar-refractivity contribution in [1.82, 2.24) is 0 Å². The molecule has 1 aliphatic rings. The Morgan fingerprint density at radius 2 is 2.08 bits per heavy atom. The Balaban J connectivity index is 2.26. The summed E-state index contributed by atoms with van der Waals surface area (Å²) in [7, 11) is 0. The van der Waals surface area contributed by atoms with Crippen LogP contribution < -0.4 is 0 Å². The van der Waals surface area contributed by atoms with Crippen molar-refractivity contribution >= 4 is 5.97 Å². The van der Waals surface area contributed by atoms with Gasteiger partial charge in [0.05, 0.1) is 0 Å². The first-order valence-electron chi connectivity index (χ1n) is 5.08. The van der Waals surface area contributed by atoms with E-state index in [4.69, 9.17) is 4.74 Å². The highest BCUT2D eigenvalue weighted by molar-refractivity contribution is 5.74. The average molecular weight is 188 g/mol. The summed E-state index contributed by atoms with van der Waals surface area (Å²) in [5.74, 6) is -0.672. The second kappa shape index (κ2) is 5.20. The Hall–Kier alpha value is -0.600. The van der Waals surface area contributed by atoms with Crippen LogP contribution in [-0.4, -0.2) is 18.2 Å². The lowest BCUT2D eigenvalue weighted by Crippen LogP contribution is -2.26. The maximum absolute atomic E-state index is 12.8. The van der Waals surface area contributed by atoms with Crippen molar-refractivity contribution in [2.24, 2.45) is 0 Å². The minimum absolute atomic E-state index is 0.0222. The molecule has 1 rings (SSSR count). The summed E-state index contributed by atoms with van der Waals surface area (Å²) in [4.78, 5) is 11.0. The molecular formula is C10H17FO2. The highest BCUT2D eigenvalue weighted by Crippen LogP contribution is 2.21. The summed E-state index contributed by atoms with van der Waals surface area (Å²) in [6, 6.07) is 0. The molecule has 0 radical (unpaired) electrons. The molecular weight excluding hydrogens is 171 g/mol. The van der Waals surface area contributed by atoms with Gasteiger partial charge in [-0.2, -0.15) is 0 Å². The molecule has 0 heterocycles. The molecule has 0 N–H and O–H groups in total. The largest absolute Gasteiger partial charge is 0.460 e. The van der Waals surface area contributed by atoms with Crippen molar-refractivity contribution < 1.29 is 13.9 Å². The number of ether oxygens (including phenoxy) is 1. The molecule has 0 spiro atoms. The monoisotopic (exact) mass is 188 g/mol. The van der Waals surface area contributed by atoms with Gasteiger partial charge in [-0.1, -0.05) is 13.3 Å². The van der Waals surface area contributed by atoms with E-state index in [1.807, 2.05) is 0 Å². The average Bonchev–Trinajstić information content (AvgIpc) is 2.18. The fraction of sp³-hybridized carbons (Fsp3) is 0.900. The van der Waals surface area contributed by atoms with Crippen LogP contribution in [0, 0.1) is 0 Å². The van der Waals surface area contributed by atoms with E-state index >= 15 is 0 Å². The van der Waals surface area contributed by atoms with Gasteiger partial charge in [0.25, 0.3) is 0 Å².